The third-order valence-corrected chi connectivity index (χ3v) is 5.40. The van der Waals surface area contributed by atoms with E-state index in [1.165, 1.54) is 27.6 Å². The highest BCUT2D eigenvalue weighted by atomic mass is 32.2. The molecule has 0 atom stereocenters. The number of thioether (sulfide) groups is 1. The van der Waals surface area contributed by atoms with Crippen LogP contribution < -0.4 is 21.9 Å². The number of rotatable bonds is 9. The molecule has 0 bridgehead atoms. The van der Waals surface area contributed by atoms with Gasteiger partial charge in [0, 0.05) is 13.1 Å². The maximum absolute atomic E-state index is 13.1. The third kappa shape index (κ3) is 5.13. The van der Waals surface area contributed by atoms with Gasteiger partial charge < -0.3 is 15.6 Å². The Morgan fingerprint density at radius 1 is 1.32 bits per heavy atom. The molecule has 0 radical (unpaired) electrons. The van der Waals surface area contributed by atoms with Crippen LogP contribution in [0.15, 0.2) is 27.3 Å². The zero-order valence-electron chi connectivity index (χ0n) is 17.7. The molecule has 0 fully saturated rings. The summed E-state index contributed by atoms with van der Waals surface area (Å²) in [4.78, 5) is 57.0. The van der Waals surface area contributed by atoms with E-state index in [1.807, 2.05) is 20.8 Å². The molecule has 0 aliphatic heterocycles. The number of aromatic amines is 2. The smallest absolute Gasteiger partial charge is 0.330 e. The molecule has 31 heavy (non-hydrogen) atoms. The lowest BCUT2D eigenvalue weighted by atomic mass is 10.2. The molecule has 3 aromatic heterocycles. The first-order valence-electron chi connectivity index (χ1n) is 10.0. The molecule has 12 heteroatoms. The molecule has 3 aromatic rings. The van der Waals surface area contributed by atoms with Crippen molar-refractivity contribution in [2.45, 2.75) is 45.3 Å². The highest BCUT2D eigenvalue weighted by Gasteiger charge is 2.24. The molecule has 0 aromatic carbocycles. The van der Waals surface area contributed by atoms with E-state index in [2.05, 4.69) is 24.9 Å². The molecule has 0 aliphatic rings. The van der Waals surface area contributed by atoms with Crippen molar-refractivity contribution < 1.29 is 4.79 Å². The summed E-state index contributed by atoms with van der Waals surface area (Å²) < 4.78 is 1.30. The van der Waals surface area contributed by atoms with Gasteiger partial charge in [-0.15, -0.1) is 0 Å². The van der Waals surface area contributed by atoms with Crippen molar-refractivity contribution in [1.82, 2.24) is 29.5 Å². The number of anilines is 2. The van der Waals surface area contributed by atoms with E-state index in [4.69, 9.17) is 5.73 Å². The average molecular weight is 447 g/mol. The maximum Gasteiger partial charge on any atom is 0.330 e. The Morgan fingerprint density at radius 2 is 2.10 bits per heavy atom. The molecule has 0 aliphatic carbocycles. The van der Waals surface area contributed by atoms with Gasteiger partial charge in [0.1, 0.15) is 17.7 Å². The van der Waals surface area contributed by atoms with Gasteiger partial charge in [-0.1, -0.05) is 39.0 Å². The van der Waals surface area contributed by atoms with Gasteiger partial charge >= 0.3 is 5.69 Å². The van der Waals surface area contributed by atoms with E-state index >= 15 is 0 Å². The normalized spacial score (nSPS) is 11.4. The molecular weight excluding hydrogens is 420 g/mol. The zero-order chi connectivity index (χ0) is 22.5. The zero-order valence-corrected chi connectivity index (χ0v) is 18.5. The second-order valence-corrected chi connectivity index (χ2v) is 8.45. The minimum atomic E-state index is -0.670. The number of amides is 1. The summed E-state index contributed by atoms with van der Waals surface area (Å²) in [6, 6.07) is 0. The molecule has 0 unspecified atom stereocenters. The summed E-state index contributed by atoms with van der Waals surface area (Å²) in [6.45, 7) is 6.50. The van der Waals surface area contributed by atoms with Crippen molar-refractivity contribution in [3.8, 4) is 0 Å². The lowest BCUT2D eigenvalue weighted by molar-refractivity contribution is -0.116. The van der Waals surface area contributed by atoms with E-state index in [0.717, 1.165) is 6.42 Å². The number of unbranched alkanes of at least 4 members (excludes halogenated alkanes) is 1. The minimum Gasteiger partial charge on any atom is -0.383 e. The van der Waals surface area contributed by atoms with Gasteiger partial charge in [-0.05, 0) is 12.3 Å². The molecule has 0 saturated carbocycles. The van der Waals surface area contributed by atoms with Gasteiger partial charge in [0.25, 0.3) is 5.56 Å². The molecule has 0 saturated heterocycles. The number of hydrogen-bond donors (Lipinski definition) is 3. The predicted octanol–water partition coefficient (Wildman–Crippen LogP) is 1.37. The predicted molar refractivity (Wildman–Crippen MR) is 120 cm³/mol. The summed E-state index contributed by atoms with van der Waals surface area (Å²) in [5, 5.41) is 0.519. The van der Waals surface area contributed by atoms with Crippen LogP contribution >= 0.6 is 11.8 Å². The quantitative estimate of drug-likeness (QED) is 0.416. The van der Waals surface area contributed by atoms with Gasteiger partial charge in [0.2, 0.25) is 5.91 Å². The Morgan fingerprint density at radius 3 is 2.77 bits per heavy atom. The molecule has 11 nitrogen and oxygen atoms in total. The number of aromatic nitrogens is 6. The van der Waals surface area contributed by atoms with Crippen molar-refractivity contribution in [2.75, 3.05) is 22.9 Å². The second-order valence-electron chi connectivity index (χ2n) is 7.49. The monoisotopic (exact) mass is 446 g/mol. The standard InChI is InChI=1S/C19H26N8O3S/c1-4-5-6-26(14-15(20)27(8-11(2)3)19(30)25-17(14)29)13(28)9-31-18-23-12-7-21-10-22-16(12)24-18/h7,10-11H,4-6,8-9,20H2,1-3H3,(H,25,29,30)(H,21,22,23,24). The average Bonchev–Trinajstić information content (AvgIpc) is 3.14. The van der Waals surface area contributed by atoms with Crippen LogP contribution in [0.5, 0.6) is 0 Å². The van der Waals surface area contributed by atoms with E-state index in [9.17, 15) is 14.4 Å². The van der Waals surface area contributed by atoms with Gasteiger partial charge in [0.15, 0.2) is 16.5 Å². The number of hydrogen-bond acceptors (Lipinski definition) is 8. The Labute approximate surface area is 182 Å². The van der Waals surface area contributed by atoms with Crippen molar-refractivity contribution in [3.05, 3.63) is 33.4 Å². The fourth-order valence-electron chi connectivity index (χ4n) is 3.08. The number of fused-ring (bicyclic) bond motifs is 1. The molecule has 1 amide bonds. The van der Waals surface area contributed by atoms with Crippen LogP contribution in [0.1, 0.15) is 33.6 Å². The largest absolute Gasteiger partial charge is 0.383 e. The SMILES string of the molecule is CCCCN(C(=O)CSc1nc2ncncc2[nH]1)c1c(N)n(CC(C)C)c(=O)[nH]c1=O. The molecule has 4 N–H and O–H groups in total. The molecule has 3 rings (SSSR count). The molecule has 166 valence electrons. The van der Waals surface area contributed by atoms with Gasteiger partial charge in [-0.25, -0.2) is 19.7 Å². The van der Waals surface area contributed by atoms with Crippen LogP contribution in [0.3, 0.4) is 0 Å². The van der Waals surface area contributed by atoms with Crippen LogP contribution in [-0.4, -0.2) is 47.7 Å². The third-order valence-electron chi connectivity index (χ3n) is 4.54. The van der Waals surface area contributed by atoms with E-state index in [0.29, 0.717) is 35.8 Å². The van der Waals surface area contributed by atoms with Gasteiger partial charge in [0.05, 0.1) is 11.9 Å². The first-order valence-corrected chi connectivity index (χ1v) is 11.0. The van der Waals surface area contributed by atoms with E-state index in [-0.39, 0.29) is 29.1 Å². The van der Waals surface area contributed by atoms with Crippen molar-refractivity contribution in [3.63, 3.8) is 0 Å². The number of nitrogens with two attached hydrogens (primary N) is 1. The van der Waals surface area contributed by atoms with Crippen LogP contribution in [0.2, 0.25) is 0 Å². The van der Waals surface area contributed by atoms with Crippen molar-refractivity contribution in [2.24, 2.45) is 5.92 Å². The highest BCUT2D eigenvalue weighted by Crippen LogP contribution is 2.22. The lowest BCUT2D eigenvalue weighted by Crippen LogP contribution is -2.42. The Hall–Kier alpha value is -3.15. The van der Waals surface area contributed by atoms with Gasteiger partial charge in [-0.2, -0.15) is 0 Å². The topological polar surface area (TPSA) is 156 Å². The van der Waals surface area contributed by atoms with E-state index in [1.54, 1.807) is 6.20 Å². The number of imidazole rings is 1. The van der Waals surface area contributed by atoms with Crippen LogP contribution in [0.25, 0.3) is 11.2 Å². The van der Waals surface area contributed by atoms with Crippen molar-refractivity contribution in [1.29, 1.82) is 0 Å². The fraction of sp³-hybridized carbons (Fsp3) is 0.474. The Balaban J connectivity index is 1.89. The number of carbonyl (C=O) groups excluding carboxylic acids is 1. The lowest BCUT2D eigenvalue weighted by Gasteiger charge is -2.24. The number of carbonyl (C=O) groups is 1. The minimum absolute atomic E-state index is 0.00378. The van der Waals surface area contributed by atoms with E-state index < -0.39 is 11.2 Å². The van der Waals surface area contributed by atoms with Crippen LogP contribution in [0.4, 0.5) is 11.5 Å². The van der Waals surface area contributed by atoms with Crippen molar-refractivity contribution >= 4 is 40.3 Å². The molecular formula is C19H26N8O3S. The maximum atomic E-state index is 13.1. The Bertz CT molecular complexity index is 1150. The number of nitrogen functional groups attached to an aromatic ring is 1. The van der Waals surface area contributed by atoms with Gasteiger partial charge in [-0.3, -0.25) is 19.1 Å². The number of nitrogens with one attached hydrogen (secondary N) is 2. The summed E-state index contributed by atoms with van der Waals surface area (Å²) in [6.07, 6.45) is 4.50. The Kier molecular flexibility index (Phi) is 7.10. The summed E-state index contributed by atoms with van der Waals surface area (Å²) in [5.41, 5.74) is 6.14. The number of nitrogens with zero attached hydrogens (tertiary/aromatic N) is 5. The first kappa shape index (κ1) is 22.5. The summed E-state index contributed by atoms with van der Waals surface area (Å²) in [5.74, 6) is -0.155. The highest BCUT2D eigenvalue weighted by molar-refractivity contribution is 7.99. The summed E-state index contributed by atoms with van der Waals surface area (Å²) in [7, 11) is 0. The summed E-state index contributed by atoms with van der Waals surface area (Å²) >= 11 is 1.19. The molecule has 0 spiro atoms. The van der Waals surface area contributed by atoms with Crippen LogP contribution in [-0.2, 0) is 11.3 Å². The fourth-order valence-corrected chi connectivity index (χ4v) is 3.83. The van der Waals surface area contributed by atoms with Crippen LogP contribution in [0, 0.1) is 5.92 Å². The number of H-pyrrole nitrogens is 2. The first-order chi connectivity index (χ1) is 14.8. The molecule has 3 heterocycles. The second kappa shape index (κ2) is 9.77.